The Bertz CT molecular complexity index is 258. The van der Waals surface area contributed by atoms with Crippen molar-refractivity contribution in [1.29, 1.82) is 0 Å². The first-order chi connectivity index (χ1) is 7.67. The van der Waals surface area contributed by atoms with Crippen LogP contribution in [0.25, 0.3) is 0 Å². The number of ether oxygens (including phenoxy) is 2. The number of carbonyl (C=O) groups is 2. The zero-order chi connectivity index (χ0) is 13.6. The van der Waals surface area contributed by atoms with Crippen molar-refractivity contribution in [3.63, 3.8) is 0 Å². The SMILES string of the molecule is CC(C)OC(NC=O)C(C)C(=O)OC(C)(C)C. The Balaban J connectivity index is 4.53. The maximum absolute atomic E-state index is 11.8. The molecule has 0 aromatic rings. The minimum Gasteiger partial charge on any atom is -0.460 e. The van der Waals surface area contributed by atoms with Gasteiger partial charge in [-0.1, -0.05) is 0 Å². The molecule has 0 aromatic carbocycles. The van der Waals surface area contributed by atoms with Gasteiger partial charge in [0.25, 0.3) is 0 Å². The molecule has 0 spiro atoms. The van der Waals surface area contributed by atoms with Crippen LogP contribution in [0.1, 0.15) is 41.5 Å². The third-order valence-electron chi connectivity index (χ3n) is 1.88. The zero-order valence-corrected chi connectivity index (χ0v) is 11.4. The fraction of sp³-hybridized carbons (Fsp3) is 0.833. The molecule has 2 atom stereocenters. The van der Waals surface area contributed by atoms with Crippen molar-refractivity contribution in [2.24, 2.45) is 5.92 Å². The highest BCUT2D eigenvalue weighted by atomic mass is 16.6. The molecule has 1 amide bonds. The maximum Gasteiger partial charge on any atom is 0.313 e. The summed E-state index contributed by atoms with van der Waals surface area (Å²) >= 11 is 0. The van der Waals surface area contributed by atoms with Gasteiger partial charge in [0.1, 0.15) is 11.8 Å². The van der Waals surface area contributed by atoms with Crippen LogP contribution >= 0.6 is 0 Å². The number of rotatable bonds is 6. The Morgan fingerprint density at radius 3 is 2.12 bits per heavy atom. The molecular weight excluding hydrogens is 222 g/mol. The van der Waals surface area contributed by atoms with Gasteiger partial charge in [-0.05, 0) is 41.5 Å². The lowest BCUT2D eigenvalue weighted by Gasteiger charge is -2.27. The summed E-state index contributed by atoms with van der Waals surface area (Å²) in [6, 6.07) is 0. The highest BCUT2D eigenvalue weighted by molar-refractivity contribution is 5.73. The van der Waals surface area contributed by atoms with Crippen molar-refractivity contribution in [2.45, 2.75) is 59.5 Å². The number of nitrogens with one attached hydrogen (secondary N) is 1. The van der Waals surface area contributed by atoms with Gasteiger partial charge in [0.05, 0.1) is 12.0 Å². The van der Waals surface area contributed by atoms with Crippen LogP contribution in [0.5, 0.6) is 0 Å². The number of esters is 1. The Labute approximate surface area is 103 Å². The standard InChI is InChI=1S/C12H23NO4/c1-8(2)16-10(13-7-14)9(3)11(15)17-12(4,5)6/h7-10H,1-6H3,(H,13,14). The van der Waals surface area contributed by atoms with Crippen LogP contribution in [0.4, 0.5) is 0 Å². The molecule has 0 aromatic heterocycles. The van der Waals surface area contributed by atoms with E-state index in [0.717, 1.165) is 0 Å². The minimum atomic E-state index is -0.664. The first-order valence-electron chi connectivity index (χ1n) is 5.75. The molecule has 0 radical (unpaired) electrons. The highest BCUT2D eigenvalue weighted by Crippen LogP contribution is 2.15. The second-order valence-corrected chi connectivity index (χ2v) is 5.21. The van der Waals surface area contributed by atoms with E-state index in [1.54, 1.807) is 27.7 Å². The second-order valence-electron chi connectivity index (χ2n) is 5.21. The Morgan fingerprint density at radius 1 is 1.24 bits per heavy atom. The van der Waals surface area contributed by atoms with Gasteiger partial charge in [0.2, 0.25) is 6.41 Å². The lowest BCUT2D eigenvalue weighted by atomic mass is 10.1. The summed E-state index contributed by atoms with van der Waals surface area (Å²) in [6.45, 7) is 10.7. The molecule has 5 nitrogen and oxygen atoms in total. The monoisotopic (exact) mass is 245 g/mol. The molecular formula is C12H23NO4. The largest absolute Gasteiger partial charge is 0.460 e. The minimum absolute atomic E-state index is 0.0858. The highest BCUT2D eigenvalue weighted by Gasteiger charge is 2.29. The molecule has 0 fully saturated rings. The zero-order valence-electron chi connectivity index (χ0n) is 11.4. The first kappa shape index (κ1) is 15.9. The molecule has 0 aliphatic carbocycles. The van der Waals surface area contributed by atoms with Gasteiger partial charge < -0.3 is 14.8 Å². The smallest absolute Gasteiger partial charge is 0.313 e. The summed E-state index contributed by atoms with van der Waals surface area (Å²) in [5, 5.41) is 2.48. The first-order valence-corrected chi connectivity index (χ1v) is 5.75. The number of hydrogen-bond donors (Lipinski definition) is 1. The van der Waals surface area contributed by atoms with E-state index < -0.39 is 23.7 Å². The lowest BCUT2D eigenvalue weighted by Crippen LogP contribution is -2.43. The third-order valence-corrected chi connectivity index (χ3v) is 1.88. The topological polar surface area (TPSA) is 64.6 Å². The number of amides is 1. The summed E-state index contributed by atoms with van der Waals surface area (Å²) in [4.78, 5) is 22.3. The van der Waals surface area contributed by atoms with E-state index in [-0.39, 0.29) is 6.10 Å². The predicted octanol–water partition coefficient (Wildman–Crippen LogP) is 1.46. The van der Waals surface area contributed by atoms with Crippen LogP contribution < -0.4 is 5.32 Å². The Hall–Kier alpha value is -1.10. The van der Waals surface area contributed by atoms with Crippen molar-refractivity contribution in [2.75, 3.05) is 0 Å². The van der Waals surface area contributed by atoms with Gasteiger partial charge in [-0.3, -0.25) is 9.59 Å². The lowest BCUT2D eigenvalue weighted by molar-refractivity contribution is -0.167. The molecule has 0 saturated carbocycles. The van der Waals surface area contributed by atoms with Crippen LogP contribution in [0.15, 0.2) is 0 Å². The average molecular weight is 245 g/mol. The Morgan fingerprint density at radius 2 is 1.76 bits per heavy atom. The van der Waals surface area contributed by atoms with Crippen molar-refractivity contribution >= 4 is 12.4 Å². The van der Waals surface area contributed by atoms with Crippen molar-refractivity contribution in [3.05, 3.63) is 0 Å². The summed E-state index contributed by atoms with van der Waals surface area (Å²) in [5.41, 5.74) is -0.547. The van der Waals surface area contributed by atoms with Crippen LogP contribution in [0, 0.1) is 5.92 Å². The summed E-state index contributed by atoms with van der Waals surface area (Å²) < 4.78 is 10.7. The van der Waals surface area contributed by atoms with Crippen LogP contribution in [0.2, 0.25) is 0 Å². The molecule has 0 heterocycles. The number of carbonyl (C=O) groups excluding carboxylic acids is 2. The van der Waals surface area contributed by atoms with Crippen molar-refractivity contribution in [1.82, 2.24) is 5.32 Å². The molecule has 5 heteroatoms. The van der Waals surface area contributed by atoms with Gasteiger partial charge in [0, 0.05) is 0 Å². The van der Waals surface area contributed by atoms with E-state index in [9.17, 15) is 9.59 Å². The average Bonchev–Trinajstić information content (AvgIpc) is 2.12. The van der Waals surface area contributed by atoms with Crippen LogP contribution in [-0.4, -0.2) is 30.3 Å². The molecule has 0 saturated heterocycles. The molecule has 17 heavy (non-hydrogen) atoms. The molecule has 0 aliphatic heterocycles. The van der Waals surface area contributed by atoms with Gasteiger partial charge in [-0.2, -0.15) is 0 Å². The van der Waals surface area contributed by atoms with E-state index in [4.69, 9.17) is 9.47 Å². The molecule has 100 valence electrons. The van der Waals surface area contributed by atoms with E-state index in [2.05, 4.69) is 5.32 Å². The van der Waals surface area contributed by atoms with E-state index >= 15 is 0 Å². The van der Waals surface area contributed by atoms with Gasteiger partial charge in [-0.25, -0.2) is 0 Å². The fourth-order valence-corrected chi connectivity index (χ4v) is 1.18. The fourth-order valence-electron chi connectivity index (χ4n) is 1.18. The Kier molecular flexibility index (Phi) is 6.16. The van der Waals surface area contributed by atoms with Crippen molar-refractivity contribution in [3.8, 4) is 0 Å². The van der Waals surface area contributed by atoms with Gasteiger partial charge in [-0.15, -0.1) is 0 Å². The van der Waals surface area contributed by atoms with E-state index in [1.807, 2.05) is 13.8 Å². The predicted molar refractivity (Wildman–Crippen MR) is 64.2 cm³/mol. The van der Waals surface area contributed by atoms with E-state index in [1.165, 1.54) is 0 Å². The van der Waals surface area contributed by atoms with E-state index in [0.29, 0.717) is 6.41 Å². The summed E-state index contributed by atoms with van der Waals surface area (Å²) in [5.74, 6) is -0.945. The molecule has 0 aliphatic rings. The van der Waals surface area contributed by atoms with Gasteiger partial charge in [0.15, 0.2) is 0 Å². The third kappa shape index (κ3) is 6.94. The molecule has 0 rings (SSSR count). The normalized spacial score (nSPS) is 15.2. The quantitative estimate of drug-likeness (QED) is 0.437. The second kappa shape index (κ2) is 6.59. The van der Waals surface area contributed by atoms with Crippen LogP contribution in [-0.2, 0) is 19.1 Å². The van der Waals surface area contributed by atoms with Gasteiger partial charge >= 0.3 is 5.97 Å². The maximum atomic E-state index is 11.8. The van der Waals surface area contributed by atoms with Crippen LogP contribution in [0.3, 0.4) is 0 Å². The molecule has 2 unspecified atom stereocenters. The van der Waals surface area contributed by atoms with Crippen molar-refractivity contribution < 1.29 is 19.1 Å². The molecule has 1 N–H and O–H groups in total. The number of hydrogen-bond acceptors (Lipinski definition) is 4. The summed E-state index contributed by atoms with van der Waals surface area (Å²) in [7, 11) is 0. The summed E-state index contributed by atoms with van der Waals surface area (Å²) in [6.07, 6.45) is -0.229. The molecule has 0 bridgehead atoms.